The normalized spacial score (nSPS) is 9.76. The van der Waals surface area contributed by atoms with Gasteiger partial charge in [0.25, 0.3) is 0 Å². The van der Waals surface area contributed by atoms with Crippen LogP contribution in [0.1, 0.15) is 6.42 Å². The Balaban J connectivity index is 2.36. The molecule has 1 amide bonds. The van der Waals surface area contributed by atoms with Gasteiger partial charge in [0, 0.05) is 17.9 Å². The summed E-state index contributed by atoms with van der Waals surface area (Å²) in [5.41, 5.74) is 1.79. The van der Waals surface area contributed by atoms with E-state index in [1.54, 1.807) is 0 Å². The number of amides is 1. The lowest BCUT2D eigenvalue weighted by Crippen LogP contribution is -2.10. The van der Waals surface area contributed by atoms with E-state index >= 15 is 0 Å². The van der Waals surface area contributed by atoms with Gasteiger partial charge in [-0.1, -0.05) is 0 Å². The van der Waals surface area contributed by atoms with Gasteiger partial charge in [0.05, 0.1) is 7.11 Å². The highest BCUT2D eigenvalue weighted by Gasteiger charge is 1.99. The summed E-state index contributed by atoms with van der Waals surface area (Å²) in [6.45, 7) is 0.963. The number of ether oxygens (including phenoxy) is 1. The number of benzene rings is 1. The monoisotopic (exact) mass is 254 g/mol. The molecule has 1 aromatic carbocycles. The van der Waals surface area contributed by atoms with Gasteiger partial charge in [0.15, 0.2) is 0 Å². The average Bonchev–Trinajstić information content (AvgIpc) is 2.36. The smallest absolute Gasteiger partial charge is 0.411 e. The van der Waals surface area contributed by atoms with Crippen molar-refractivity contribution in [1.82, 2.24) is 0 Å². The van der Waals surface area contributed by atoms with Crippen LogP contribution in [0.15, 0.2) is 24.3 Å². The second-order valence-electron chi connectivity index (χ2n) is 3.47. The summed E-state index contributed by atoms with van der Waals surface area (Å²) < 4.78 is 4.51. The van der Waals surface area contributed by atoms with Crippen LogP contribution < -0.4 is 10.6 Å². The molecule has 94 valence electrons. The predicted octanol–water partition coefficient (Wildman–Crippen LogP) is 3.03. The summed E-state index contributed by atoms with van der Waals surface area (Å²) in [4.78, 5) is 11.0. The molecule has 1 aromatic rings. The number of thioether (sulfide) groups is 1. The van der Waals surface area contributed by atoms with Gasteiger partial charge in [-0.25, -0.2) is 4.79 Å². The van der Waals surface area contributed by atoms with Crippen molar-refractivity contribution in [2.75, 3.05) is 36.3 Å². The minimum Gasteiger partial charge on any atom is -0.453 e. The topological polar surface area (TPSA) is 50.4 Å². The van der Waals surface area contributed by atoms with E-state index in [1.807, 2.05) is 36.0 Å². The van der Waals surface area contributed by atoms with Crippen LogP contribution in [-0.2, 0) is 4.74 Å². The van der Waals surface area contributed by atoms with Crippen molar-refractivity contribution < 1.29 is 9.53 Å². The van der Waals surface area contributed by atoms with E-state index in [0.29, 0.717) is 0 Å². The second kappa shape index (κ2) is 7.84. The Morgan fingerprint density at radius 1 is 1.29 bits per heavy atom. The maximum absolute atomic E-state index is 11.0. The second-order valence-corrected chi connectivity index (χ2v) is 4.45. The molecular weight excluding hydrogens is 236 g/mol. The van der Waals surface area contributed by atoms with E-state index < -0.39 is 6.09 Å². The highest BCUT2D eigenvalue weighted by molar-refractivity contribution is 7.98. The van der Waals surface area contributed by atoms with Crippen LogP contribution in [0.4, 0.5) is 16.2 Å². The fourth-order valence-electron chi connectivity index (χ4n) is 1.29. The van der Waals surface area contributed by atoms with Crippen molar-refractivity contribution in [2.24, 2.45) is 0 Å². The summed E-state index contributed by atoms with van der Waals surface area (Å²) in [6, 6.07) is 7.55. The highest BCUT2D eigenvalue weighted by atomic mass is 32.2. The van der Waals surface area contributed by atoms with Crippen molar-refractivity contribution >= 4 is 29.2 Å². The number of hydrogen-bond acceptors (Lipinski definition) is 4. The number of carbonyl (C=O) groups excluding carboxylic acids is 1. The largest absolute Gasteiger partial charge is 0.453 e. The Labute approximate surface area is 106 Å². The lowest BCUT2D eigenvalue weighted by molar-refractivity contribution is 0.187. The Kier molecular flexibility index (Phi) is 6.32. The zero-order valence-electron chi connectivity index (χ0n) is 10.2. The number of nitrogens with one attached hydrogen (secondary N) is 2. The van der Waals surface area contributed by atoms with Crippen LogP contribution >= 0.6 is 11.8 Å². The zero-order chi connectivity index (χ0) is 12.5. The molecule has 5 heteroatoms. The van der Waals surface area contributed by atoms with E-state index in [2.05, 4.69) is 21.6 Å². The lowest BCUT2D eigenvalue weighted by atomic mass is 10.3. The SMILES string of the molecule is COC(=O)Nc1ccc(NCCCSC)cc1. The van der Waals surface area contributed by atoms with Crippen molar-refractivity contribution in [1.29, 1.82) is 0 Å². The predicted molar refractivity (Wildman–Crippen MR) is 74.0 cm³/mol. The molecule has 0 fully saturated rings. The van der Waals surface area contributed by atoms with Gasteiger partial charge in [-0.05, 0) is 42.7 Å². The Hall–Kier alpha value is -1.36. The van der Waals surface area contributed by atoms with Crippen molar-refractivity contribution in [2.45, 2.75) is 6.42 Å². The minimum absolute atomic E-state index is 0.453. The van der Waals surface area contributed by atoms with E-state index in [9.17, 15) is 4.79 Å². The molecule has 0 aliphatic carbocycles. The van der Waals surface area contributed by atoms with Gasteiger partial charge in [-0.2, -0.15) is 11.8 Å². The molecule has 2 N–H and O–H groups in total. The molecule has 0 aliphatic heterocycles. The van der Waals surface area contributed by atoms with Gasteiger partial charge >= 0.3 is 6.09 Å². The minimum atomic E-state index is -0.453. The number of carbonyl (C=O) groups is 1. The van der Waals surface area contributed by atoms with Crippen LogP contribution in [0.2, 0.25) is 0 Å². The van der Waals surface area contributed by atoms with Crippen LogP contribution in [-0.4, -0.2) is 31.8 Å². The summed E-state index contributed by atoms with van der Waals surface area (Å²) >= 11 is 1.85. The van der Waals surface area contributed by atoms with Crippen LogP contribution in [0, 0.1) is 0 Å². The third-order valence-electron chi connectivity index (χ3n) is 2.17. The molecule has 0 aliphatic rings. The lowest BCUT2D eigenvalue weighted by Gasteiger charge is -2.07. The van der Waals surface area contributed by atoms with Gasteiger partial charge in [0.1, 0.15) is 0 Å². The molecule has 4 nitrogen and oxygen atoms in total. The Bertz CT molecular complexity index is 341. The quantitative estimate of drug-likeness (QED) is 0.766. The molecule has 0 spiro atoms. The number of methoxy groups -OCH3 is 1. The summed E-state index contributed by atoms with van der Waals surface area (Å²) in [6.07, 6.45) is 2.79. The number of rotatable bonds is 6. The molecule has 0 saturated carbocycles. The summed E-state index contributed by atoms with van der Waals surface area (Å²) in [7, 11) is 1.34. The Morgan fingerprint density at radius 2 is 1.94 bits per heavy atom. The molecule has 0 aromatic heterocycles. The summed E-state index contributed by atoms with van der Waals surface area (Å²) in [5, 5.41) is 5.92. The van der Waals surface area contributed by atoms with Crippen LogP contribution in [0.3, 0.4) is 0 Å². The fourth-order valence-corrected chi connectivity index (χ4v) is 1.72. The Morgan fingerprint density at radius 3 is 2.53 bits per heavy atom. The maximum atomic E-state index is 11.0. The molecule has 17 heavy (non-hydrogen) atoms. The highest BCUT2D eigenvalue weighted by Crippen LogP contribution is 2.13. The number of hydrogen-bond donors (Lipinski definition) is 2. The van der Waals surface area contributed by atoms with E-state index in [0.717, 1.165) is 30.1 Å². The van der Waals surface area contributed by atoms with Gasteiger partial charge in [-0.3, -0.25) is 5.32 Å². The van der Waals surface area contributed by atoms with Crippen LogP contribution in [0.25, 0.3) is 0 Å². The molecule has 0 bridgehead atoms. The molecule has 0 heterocycles. The van der Waals surface area contributed by atoms with Gasteiger partial charge in [0.2, 0.25) is 0 Å². The van der Waals surface area contributed by atoms with Gasteiger partial charge in [-0.15, -0.1) is 0 Å². The molecule has 0 unspecified atom stereocenters. The average molecular weight is 254 g/mol. The number of anilines is 2. The molecular formula is C12H18N2O2S. The molecule has 0 atom stereocenters. The van der Waals surface area contributed by atoms with E-state index in [1.165, 1.54) is 7.11 Å². The van der Waals surface area contributed by atoms with Gasteiger partial charge < -0.3 is 10.1 Å². The van der Waals surface area contributed by atoms with Crippen molar-refractivity contribution in [3.8, 4) is 0 Å². The standard InChI is InChI=1S/C12H18N2O2S/c1-16-12(15)14-11-6-4-10(5-7-11)13-8-3-9-17-2/h4-7,13H,3,8-9H2,1-2H3,(H,14,15). The third kappa shape index (κ3) is 5.49. The first-order chi connectivity index (χ1) is 8.26. The molecule has 0 saturated heterocycles. The van der Waals surface area contributed by atoms with E-state index in [-0.39, 0.29) is 0 Å². The molecule has 1 rings (SSSR count). The summed E-state index contributed by atoms with van der Waals surface area (Å²) in [5.74, 6) is 1.16. The first kappa shape index (κ1) is 13.7. The van der Waals surface area contributed by atoms with Crippen LogP contribution in [0.5, 0.6) is 0 Å². The first-order valence-corrected chi connectivity index (χ1v) is 6.83. The van der Waals surface area contributed by atoms with Crippen molar-refractivity contribution in [3.63, 3.8) is 0 Å². The van der Waals surface area contributed by atoms with Crippen molar-refractivity contribution in [3.05, 3.63) is 24.3 Å². The fraction of sp³-hybridized carbons (Fsp3) is 0.417. The third-order valence-corrected chi connectivity index (χ3v) is 2.87. The molecule has 0 radical (unpaired) electrons. The zero-order valence-corrected chi connectivity index (χ0v) is 11.0. The van der Waals surface area contributed by atoms with E-state index in [4.69, 9.17) is 0 Å². The first-order valence-electron chi connectivity index (χ1n) is 5.44. The maximum Gasteiger partial charge on any atom is 0.411 e.